The number of rotatable bonds is 8. The van der Waals surface area contributed by atoms with Crippen molar-refractivity contribution >= 4 is 17.9 Å². The topological polar surface area (TPSA) is 98.1 Å². The molecule has 2 aromatic rings. The van der Waals surface area contributed by atoms with Gasteiger partial charge in [-0.05, 0) is 66.8 Å². The van der Waals surface area contributed by atoms with E-state index in [0.29, 0.717) is 58.8 Å². The molecule has 0 bridgehead atoms. The van der Waals surface area contributed by atoms with E-state index in [9.17, 15) is 14.9 Å². The number of imide groups is 1. The number of benzene rings is 2. The van der Waals surface area contributed by atoms with E-state index in [-0.39, 0.29) is 24.5 Å². The average molecular weight is 489 g/mol. The van der Waals surface area contributed by atoms with Crippen molar-refractivity contribution in [3.05, 3.63) is 64.2 Å². The second-order valence-corrected chi connectivity index (χ2v) is 8.90. The Morgan fingerprint density at radius 2 is 1.83 bits per heavy atom. The van der Waals surface area contributed by atoms with Crippen molar-refractivity contribution in [2.75, 3.05) is 20.0 Å². The summed E-state index contributed by atoms with van der Waals surface area (Å²) in [6.45, 7) is 8.73. The van der Waals surface area contributed by atoms with Crippen LogP contribution in [0.3, 0.4) is 0 Å². The highest BCUT2D eigenvalue weighted by Crippen LogP contribution is 2.35. The Morgan fingerprint density at radius 3 is 2.56 bits per heavy atom. The smallest absolute Gasteiger partial charge is 0.271 e. The highest BCUT2D eigenvalue weighted by Gasteiger charge is 2.35. The number of ether oxygens (including phenoxy) is 4. The molecule has 0 saturated heterocycles. The monoisotopic (exact) mass is 488 g/mol. The van der Waals surface area contributed by atoms with Crippen molar-refractivity contribution in [1.82, 2.24) is 4.90 Å². The quantitative estimate of drug-likeness (QED) is 0.394. The standard InChI is InChI=1S/C28H28N2O6/c1-5-33-25-11-19(6-8-23(25)34-15-17(2)3)10-21-18(4)22(13-29)28(32)30(27(21)31)14-20-7-9-24-26(12-20)36-16-35-24/h6-12,17H,5,14-16H2,1-4H3/b21-10+. The van der Waals surface area contributed by atoms with Crippen LogP contribution in [0.4, 0.5) is 0 Å². The van der Waals surface area contributed by atoms with Gasteiger partial charge in [0.05, 0.1) is 19.8 Å². The van der Waals surface area contributed by atoms with Gasteiger partial charge in [-0.2, -0.15) is 5.26 Å². The van der Waals surface area contributed by atoms with Gasteiger partial charge in [0.15, 0.2) is 23.0 Å². The predicted octanol–water partition coefficient (Wildman–Crippen LogP) is 4.64. The largest absolute Gasteiger partial charge is 0.490 e. The summed E-state index contributed by atoms with van der Waals surface area (Å²) >= 11 is 0. The molecule has 36 heavy (non-hydrogen) atoms. The molecule has 0 fully saturated rings. The van der Waals surface area contributed by atoms with Gasteiger partial charge in [0.1, 0.15) is 11.6 Å². The lowest BCUT2D eigenvalue weighted by molar-refractivity contribution is -0.141. The Labute approximate surface area is 210 Å². The minimum atomic E-state index is -0.623. The van der Waals surface area contributed by atoms with Gasteiger partial charge < -0.3 is 18.9 Å². The molecule has 0 unspecified atom stereocenters. The molecule has 8 nitrogen and oxygen atoms in total. The second kappa shape index (κ2) is 10.6. The van der Waals surface area contributed by atoms with E-state index in [0.717, 1.165) is 4.90 Å². The van der Waals surface area contributed by atoms with E-state index >= 15 is 0 Å². The number of hydrogen-bond donors (Lipinski definition) is 0. The Balaban J connectivity index is 1.68. The fraction of sp³-hybridized carbons (Fsp3) is 0.321. The molecule has 186 valence electrons. The van der Waals surface area contributed by atoms with Crippen LogP contribution in [0, 0.1) is 17.2 Å². The number of amides is 2. The highest BCUT2D eigenvalue weighted by atomic mass is 16.7. The highest BCUT2D eigenvalue weighted by molar-refractivity contribution is 6.19. The first-order chi connectivity index (χ1) is 17.3. The van der Waals surface area contributed by atoms with Crippen LogP contribution >= 0.6 is 0 Å². The number of nitriles is 1. The van der Waals surface area contributed by atoms with Gasteiger partial charge in [0.2, 0.25) is 6.79 Å². The van der Waals surface area contributed by atoms with Gasteiger partial charge in [-0.3, -0.25) is 14.5 Å². The van der Waals surface area contributed by atoms with Crippen LogP contribution in [0.2, 0.25) is 0 Å². The molecule has 0 spiro atoms. The zero-order valence-electron chi connectivity index (χ0n) is 20.8. The molecule has 2 aromatic carbocycles. The zero-order chi connectivity index (χ0) is 25.8. The summed E-state index contributed by atoms with van der Waals surface area (Å²) in [6, 6.07) is 12.6. The number of fused-ring (bicyclic) bond motifs is 1. The van der Waals surface area contributed by atoms with Crippen molar-refractivity contribution in [2.45, 2.75) is 34.2 Å². The Bertz CT molecular complexity index is 1300. The van der Waals surface area contributed by atoms with E-state index in [2.05, 4.69) is 13.8 Å². The first-order valence-corrected chi connectivity index (χ1v) is 11.8. The van der Waals surface area contributed by atoms with E-state index in [1.54, 1.807) is 43.3 Å². The van der Waals surface area contributed by atoms with Crippen LogP contribution in [-0.2, 0) is 16.1 Å². The maximum atomic E-state index is 13.5. The van der Waals surface area contributed by atoms with Gasteiger partial charge in [0, 0.05) is 5.57 Å². The summed E-state index contributed by atoms with van der Waals surface area (Å²) in [4.78, 5) is 27.6. The molecule has 0 atom stereocenters. The van der Waals surface area contributed by atoms with Crippen LogP contribution in [0.5, 0.6) is 23.0 Å². The van der Waals surface area contributed by atoms with Crippen molar-refractivity contribution < 1.29 is 28.5 Å². The third-order valence-corrected chi connectivity index (χ3v) is 5.75. The lowest BCUT2D eigenvalue weighted by atomic mass is 9.93. The van der Waals surface area contributed by atoms with Crippen molar-refractivity contribution in [3.63, 3.8) is 0 Å². The number of hydrogen-bond acceptors (Lipinski definition) is 7. The molecule has 0 saturated carbocycles. The normalized spacial score (nSPS) is 16.1. The van der Waals surface area contributed by atoms with E-state index in [1.165, 1.54) is 0 Å². The summed E-state index contributed by atoms with van der Waals surface area (Å²) < 4.78 is 22.4. The van der Waals surface area contributed by atoms with Gasteiger partial charge in [0.25, 0.3) is 11.8 Å². The van der Waals surface area contributed by atoms with Gasteiger partial charge in [-0.1, -0.05) is 26.0 Å². The maximum absolute atomic E-state index is 13.5. The zero-order valence-corrected chi connectivity index (χ0v) is 20.8. The van der Waals surface area contributed by atoms with Crippen molar-refractivity contribution in [3.8, 4) is 29.1 Å². The summed E-state index contributed by atoms with van der Waals surface area (Å²) in [5, 5.41) is 9.70. The fourth-order valence-corrected chi connectivity index (χ4v) is 3.92. The summed E-state index contributed by atoms with van der Waals surface area (Å²) in [7, 11) is 0. The third-order valence-electron chi connectivity index (χ3n) is 5.75. The molecule has 2 heterocycles. The molecular formula is C28H28N2O6. The van der Waals surface area contributed by atoms with Crippen LogP contribution in [0.1, 0.15) is 38.8 Å². The Morgan fingerprint density at radius 1 is 1.06 bits per heavy atom. The second-order valence-electron chi connectivity index (χ2n) is 8.90. The molecule has 0 N–H and O–H groups in total. The average Bonchev–Trinajstić information content (AvgIpc) is 3.32. The van der Waals surface area contributed by atoms with E-state index in [4.69, 9.17) is 18.9 Å². The first kappa shape index (κ1) is 24.9. The summed E-state index contributed by atoms with van der Waals surface area (Å²) in [5.74, 6) is 1.59. The van der Waals surface area contributed by atoms with Crippen LogP contribution in [0.25, 0.3) is 6.08 Å². The minimum Gasteiger partial charge on any atom is -0.490 e. The molecule has 2 aliphatic heterocycles. The molecule has 2 aliphatic rings. The molecule has 2 amide bonds. The minimum absolute atomic E-state index is 0.00369. The molecule has 4 rings (SSSR count). The van der Waals surface area contributed by atoms with Gasteiger partial charge in [-0.15, -0.1) is 0 Å². The summed E-state index contributed by atoms with van der Waals surface area (Å²) in [6.07, 6.45) is 1.67. The lowest BCUT2D eigenvalue weighted by Crippen LogP contribution is -2.42. The SMILES string of the molecule is CCOc1cc(/C=C2/C(=O)N(Cc3ccc4c(c3)OCO4)C(=O)C(C#N)=C2C)ccc1OCC(C)C. The van der Waals surface area contributed by atoms with E-state index < -0.39 is 11.8 Å². The van der Waals surface area contributed by atoms with Crippen LogP contribution < -0.4 is 18.9 Å². The number of nitrogens with zero attached hydrogens (tertiary/aromatic N) is 2. The molecule has 0 aromatic heterocycles. The van der Waals surface area contributed by atoms with Crippen molar-refractivity contribution in [2.24, 2.45) is 5.92 Å². The predicted molar refractivity (Wildman–Crippen MR) is 132 cm³/mol. The molecule has 8 heteroatoms. The molecule has 0 aliphatic carbocycles. The van der Waals surface area contributed by atoms with E-state index in [1.807, 2.05) is 19.1 Å². The lowest BCUT2D eigenvalue weighted by Gasteiger charge is -2.27. The van der Waals surface area contributed by atoms with Gasteiger partial charge >= 0.3 is 0 Å². The summed E-state index contributed by atoms with van der Waals surface area (Å²) in [5.41, 5.74) is 1.91. The van der Waals surface area contributed by atoms with Crippen molar-refractivity contribution in [1.29, 1.82) is 5.26 Å². The maximum Gasteiger partial charge on any atom is 0.271 e. The van der Waals surface area contributed by atoms with Gasteiger partial charge in [-0.25, -0.2) is 0 Å². The van der Waals surface area contributed by atoms with Crippen LogP contribution in [0.15, 0.2) is 53.1 Å². The fourth-order valence-electron chi connectivity index (χ4n) is 3.92. The molecule has 0 radical (unpaired) electrons. The first-order valence-electron chi connectivity index (χ1n) is 11.8. The van der Waals surface area contributed by atoms with Crippen LogP contribution in [-0.4, -0.2) is 36.7 Å². The third kappa shape index (κ3) is 5.05. The Kier molecular flexibility index (Phi) is 7.30. The molecular weight excluding hydrogens is 460 g/mol. The number of carbonyl (C=O) groups is 2. The number of carbonyl (C=O) groups excluding carboxylic acids is 2. The Hall–Kier alpha value is -4.25.